The number of halogens is 1. The molecule has 1 fully saturated rings. The lowest BCUT2D eigenvalue weighted by atomic mass is 10.2. The Balaban J connectivity index is 2.14. The Hall–Kier alpha value is -0.480. The van der Waals surface area contributed by atoms with Gasteiger partial charge in [0.1, 0.15) is 0 Å². The zero-order valence-corrected chi connectivity index (χ0v) is 7.16. The molecular weight excluding hydrogens is 160 g/mol. The maximum atomic E-state index is 11.0. The van der Waals surface area contributed by atoms with Gasteiger partial charge in [-0.25, -0.2) is 0 Å². The molecule has 0 aromatic carbocycles. The van der Waals surface area contributed by atoms with Crippen LogP contribution in [0.2, 0.25) is 0 Å². The van der Waals surface area contributed by atoms with Gasteiger partial charge in [-0.1, -0.05) is 5.92 Å². The first-order valence-electron chi connectivity index (χ1n) is 3.93. The average molecular weight is 171 g/mol. The molecule has 1 saturated carbocycles. The van der Waals surface area contributed by atoms with Gasteiger partial charge in [-0.2, -0.15) is 0 Å². The molecule has 0 aliphatic heterocycles. The fourth-order valence-corrected chi connectivity index (χ4v) is 0.886. The van der Waals surface area contributed by atoms with Gasteiger partial charge < -0.3 is 0 Å². The fourth-order valence-electron chi connectivity index (χ4n) is 0.752. The van der Waals surface area contributed by atoms with Gasteiger partial charge in [0.05, 0.1) is 0 Å². The molecule has 0 aromatic heterocycles. The molecule has 1 aliphatic carbocycles. The summed E-state index contributed by atoms with van der Waals surface area (Å²) in [5.41, 5.74) is 0. The average Bonchev–Trinajstić information content (AvgIpc) is 2.79. The monoisotopic (exact) mass is 170 g/mol. The molecule has 1 aliphatic rings. The number of unbranched alkanes of at least 4 members (excludes halogenated alkanes) is 1. The van der Waals surface area contributed by atoms with Crippen LogP contribution in [0.4, 0.5) is 0 Å². The molecule has 0 aromatic rings. The molecule has 0 heterocycles. The van der Waals surface area contributed by atoms with Gasteiger partial charge in [0.25, 0.3) is 0 Å². The lowest BCUT2D eigenvalue weighted by Crippen LogP contribution is -1.94. The summed E-state index contributed by atoms with van der Waals surface area (Å²) in [7, 11) is 0. The molecule has 11 heavy (non-hydrogen) atoms. The Morgan fingerprint density at radius 2 is 2.27 bits per heavy atom. The van der Waals surface area contributed by atoms with Crippen LogP contribution >= 0.6 is 11.6 Å². The van der Waals surface area contributed by atoms with Gasteiger partial charge >= 0.3 is 0 Å². The summed E-state index contributed by atoms with van der Waals surface area (Å²) in [4.78, 5) is 11.0. The zero-order valence-electron chi connectivity index (χ0n) is 6.40. The second-order valence-electron chi connectivity index (χ2n) is 2.73. The zero-order chi connectivity index (χ0) is 8.10. The van der Waals surface area contributed by atoms with E-state index >= 15 is 0 Å². The maximum Gasteiger partial charge on any atom is 0.208 e. The topological polar surface area (TPSA) is 17.1 Å². The summed E-state index contributed by atoms with van der Waals surface area (Å²) in [5, 5.41) is 0. The van der Waals surface area contributed by atoms with Crippen molar-refractivity contribution in [3.8, 4) is 11.8 Å². The van der Waals surface area contributed by atoms with Crippen LogP contribution in [-0.4, -0.2) is 11.7 Å². The third kappa shape index (κ3) is 3.43. The van der Waals surface area contributed by atoms with Crippen molar-refractivity contribution in [3.63, 3.8) is 0 Å². The van der Waals surface area contributed by atoms with E-state index in [1.54, 1.807) is 0 Å². The van der Waals surface area contributed by atoms with Gasteiger partial charge in [-0.15, -0.1) is 11.6 Å². The minimum atomic E-state index is 0.125. The molecule has 0 amide bonds. The number of carbonyl (C=O) groups is 1. The molecule has 0 radical (unpaired) electrons. The van der Waals surface area contributed by atoms with Crippen molar-refractivity contribution in [2.24, 2.45) is 5.92 Å². The van der Waals surface area contributed by atoms with Crippen LogP contribution in [0.25, 0.3) is 0 Å². The number of Topliss-reactive ketones (excluding diaryl/α,β-unsaturated/α-hetero) is 1. The summed E-state index contributed by atoms with van der Waals surface area (Å²) in [6.45, 7) is 0. The van der Waals surface area contributed by atoms with Gasteiger partial charge in [0.15, 0.2) is 0 Å². The van der Waals surface area contributed by atoms with Crippen LogP contribution < -0.4 is 0 Å². The molecular formula is C9H11ClO. The SMILES string of the molecule is O=C(C#CCCCCl)C1CC1. The first kappa shape index (κ1) is 8.62. The Morgan fingerprint density at radius 1 is 1.55 bits per heavy atom. The normalized spacial score (nSPS) is 15.4. The minimum absolute atomic E-state index is 0.125. The third-order valence-corrected chi connectivity index (χ3v) is 1.86. The highest BCUT2D eigenvalue weighted by Gasteiger charge is 2.27. The Morgan fingerprint density at radius 3 is 2.82 bits per heavy atom. The van der Waals surface area contributed by atoms with Crippen molar-refractivity contribution in [3.05, 3.63) is 0 Å². The highest BCUT2D eigenvalue weighted by Crippen LogP contribution is 2.29. The van der Waals surface area contributed by atoms with Crippen molar-refractivity contribution in [1.29, 1.82) is 0 Å². The smallest absolute Gasteiger partial charge is 0.208 e. The second kappa shape index (κ2) is 4.41. The summed E-state index contributed by atoms with van der Waals surface area (Å²) < 4.78 is 0. The van der Waals surface area contributed by atoms with E-state index in [-0.39, 0.29) is 11.7 Å². The Kier molecular flexibility index (Phi) is 3.45. The number of carbonyl (C=O) groups excluding carboxylic acids is 1. The van der Waals surface area contributed by atoms with Gasteiger partial charge in [0, 0.05) is 18.2 Å². The molecule has 2 heteroatoms. The number of hydrogen-bond donors (Lipinski definition) is 0. The summed E-state index contributed by atoms with van der Waals surface area (Å²) in [6, 6.07) is 0. The Labute approximate surface area is 72.1 Å². The Bertz CT molecular complexity index is 195. The van der Waals surface area contributed by atoms with E-state index in [0.29, 0.717) is 5.88 Å². The first-order valence-corrected chi connectivity index (χ1v) is 4.46. The second-order valence-corrected chi connectivity index (χ2v) is 3.11. The lowest BCUT2D eigenvalue weighted by Gasteiger charge is -1.83. The van der Waals surface area contributed by atoms with Crippen LogP contribution in [0.1, 0.15) is 25.7 Å². The van der Waals surface area contributed by atoms with Gasteiger partial charge in [0.2, 0.25) is 5.78 Å². The van der Waals surface area contributed by atoms with Crippen LogP contribution in [0.15, 0.2) is 0 Å². The van der Waals surface area contributed by atoms with E-state index in [1.807, 2.05) is 0 Å². The van der Waals surface area contributed by atoms with Crippen molar-refractivity contribution < 1.29 is 4.79 Å². The predicted molar refractivity (Wildman–Crippen MR) is 45.5 cm³/mol. The van der Waals surface area contributed by atoms with Crippen molar-refractivity contribution in [2.45, 2.75) is 25.7 Å². The molecule has 0 atom stereocenters. The van der Waals surface area contributed by atoms with E-state index in [1.165, 1.54) is 0 Å². The quantitative estimate of drug-likeness (QED) is 0.274. The third-order valence-electron chi connectivity index (χ3n) is 1.60. The van der Waals surface area contributed by atoms with Gasteiger partial charge in [-0.3, -0.25) is 4.79 Å². The van der Waals surface area contributed by atoms with Crippen LogP contribution in [0.3, 0.4) is 0 Å². The number of ketones is 1. The molecule has 0 saturated heterocycles. The van der Waals surface area contributed by atoms with E-state index in [9.17, 15) is 4.79 Å². The number of hydrogen-bond acceptors (Lipinski definition) is 1. The maximum absolute atomic E-state index is 11.0. The highest BCUT2D eigenvalue weighted by molar-refractivity contribution is 6.17. The van der Waals surface area contributed by atoms with E-state index < -0.39 is 0 Å². The van der Waals surface area contributed by atoms with E-state index in [0.717, 1.165) is 25.7 Å². The summed E-state index contributed by atoms with van der Waals surface area (Å²) >= 11 is 5.44. The number of rotatable bonds is 3. The lowest BCUT2D eigenvalue weighted by molar-refractivity contribution is -0.114. The molecule has 60 valence electrons. The first-order chi connectivity index (χ1) is 5.34. The molecule has 0 unspecified atom stereocenters. The van der Waals surface area contributed by atoms with Crippen molar-refractivity contribution in [1.82, 2.24) is 0 Å². The molecule has 1 nitrogen and oxygen atoms in total. The number of alkyl halides is 1. The standard InChI is InChI=1S/C9H11ClO/c10-7-3-1-2-4-9(11)8-5-6-8/h8H,1,3,5-7H2. The molecule has 0 N–H and O–H groups in total. The van der Waals surface area contributed by atoms with E-state index in [2.05, 4.69) is 11.8 Å². The fraction of sp³-hybridized carbons (Fsp3) is 0.667. The van der Waals surface area contributed by atoms with Crippen LogP contribution in [0, 0.1) is 17.8 Å². The van der Waals surface area contributed by atoms with Crippen LogP contribution in [-0.2, 0) is 4.79 Å². The van der Waals surface area contributed by atoms with Crippen molar-refractivity contribution >= 4 is 17.4 Å². The summed E-state index contributed by atoms with van der Waals surface area (Å²) in [5.74, 6) is 6.49. The predicted octanol–water partition coefficient (Wildman–Crippen LogP) is 1.99. The molecule has 0 spiro atoms. The minimum Gasteiger partial charge on any atom is -0.285 e. The molecule has 1 rings (SSSR count). The van der Waals surface area contributed by atoms with Gasteiger partial charge in [-0.05, 0) is 25.2 Å². The van der Waals surface area contributed by atoms with Crippen molar-refractivity contribution in [2.75, 3.05) is 5.88 Å². The molecule has 0 bridgehead atoms. The largest absolute Gasteiger partial charge is 0.285 e. The summed E-state index contributed by atoms with van der Waals surface area (Å²) in [6.07, 6.45) is 3.72. The van der Waals surface area contributed by atoms with E-state index in [4.69, 9.17) is 11.6 Å². The highest BCUT2D eigenvalue weighted by atomic mass is 35.5. The van der Waals surface area contributed by atoms with Crippen LogP contribution in [0.5, 0.6) is 0 Å².